The maximum Gasteiger partial charge on any atom is 0.416 e. The molecule has 6 heteroatoms. The number of alkyl halides is 3. The molecule has 4 rings (SSSR count). The van der Waals surface area contributed by atoms with E-state index < -0.39 is 25.3 Å². The van der Waals surface area contributed by atoms with E-state index in [1.54, 1.807) is 6.07 Å². The maximum absolute atomic E-state index is 13.8. The molecule has 0 bridgehead atoms. The van der Waals surface area contributed by atoms with Crippen LogP contribution in [-0.4, -0.2) is 17.5 Å². The van der Waals surface area contributed by atoms with Crippen molar-refractivity contribution in [2.45, 2.75) is 57.9 Å². The third kappa shape index (κ3) is 5.20. The van der Waals surface area contributed by atoms with E-state index in [0.717, 1.165) is 35.2 Å². The molecular weight excluding hydrogens is 454 g/mol. The summed E-state index contributed by atoms with van der Waals surface area (Å²) in [7, 11) is -1.12. The van der Waals surface area contributed by atoms with Gasteiger partial charge in [0.15, 0.2) is 0 Å². The Morgan fingerprint density at radius 3 is 2.03 bits per heavy atom. The number of unbranched alkanes of at least 4 members (excludes halogenated alkanes) is 1. The fourth-order valence-corrected chi connectivity index (χ4v) is 6.65. The number of rotatable bonds is 7. The minimum atomic E-state index is -4.45. The van der Waals surface area contributed by atoms with Crippen LogP contribution in [0.5, 0.6) is 0 Å². The van der Waals surface area contributed by atoms with Gasteiger partial charge < -0.3 is 4.74 Å². The molecule has 1 atom stereocenters. The number of aliphatic imine (C=N–C) groups is 1. The Morgan fingerprint density at radius 1 is 0.912 bits per heavy atom. The van der Waals surface area contributed by atoms with Crippen LogP contribution in [0.2, 0.25) is 0 Å². The maximum atomic E-state index is 13.8. The Kier molecular flexibility index (Phi) is 7.14. The standard InChI is InChI=1S/C28H29F3NOP/c1-4-5-16-25-27(2,3)33-26(32-25)23-19-20(28(29,30)31)17-18-24(23)34(21-12-8-6-9-13-21)22-14-10-7-11-15-22/h6-15,17-19,25H,4-5,16H2,1-3H3/t25-/m0/s1. The summed E-state index contributed by atoms with van der Waals surface area (Å²) < 4.78 is 47.5. The molecule has 2 nitrogen and oxygen atoms in total. The fraction of sp³-hybridized carbons (Fsp3) is 0.321. The summed E-state index contributed by atoms with van der Waals surface area (Å²) >= 11 is 0. The van der Waals surface area contributed by atoms with Gasteiger partial charge in [-0.05, 0) is 56.2 Å². The van der Waals surface area contributed by atoms with E-state index in [2.05, 4.69) is 6.92 Å². The van der Waals surface area contributed by atoms with Crippen molar-refractivity contribution >= 4 is 29.7 Å². The van der Waals surface area contributed by atoms with Crippen LogP contribution in [0.3, 0.4) is 0 Å². The summed E-state index contributed by atoms with van der Waals surface area (Å²) in [4.78, 5) is 4.84. The van der Waals surface area contributed by atoms with Crippen molar-refractivity contribution in [3.05, 3.63) is 90.0 Å². The first-order valence-corrected chi connectivity index (χ1v) is 12.9. The third-order valence-corrected chi connectivity index (χ3v) is 8.59. The van der Waals surface area contributed by atoms with E-state index in [0.29, 0.717) is 11.5 Å². The Bertz CT molecular complexity index is 1100. The fourth-order valence-electron chi connectivity index (χ4n) is 4.23. The van der Waals surface area contributed by atoms with E-state index in [1.165, 1.54) is 12.1 Å². The molecule has 3 aromatic carbocycles. The summed E-state index contributed by atoms with van der Waals surface area (Å²) in [5.41, 5.74) is -0.831. The second kappa shape index (κ2) is 9.92. The molecule has 0 unspecified atom stereocenters. The first-order chi connectivity index (χ1) is 16.2. The topological polar surface area (TPSA) is 21.6 Å². The molecule has 0 aliphatic carbocycles. The van der Waals surface area contributed by atoms with Crippen molar-refractivity contribution in [3.63, 3.8) is 0 Å². The second-order valence-corrected chi connectivity index (χ2v) is 11.2. The Balaban J connectivity index is 1.90. The van der Waals surface area contributed by atoms with Gasteiger partial charge in [-0.25, -0.2) is 4.99 Å². The van der Waals surface area contributed by atoms with Gasteiger partial charge in [-0.3, -0.25) is 0 Å². The van der Waals surface area contributed by atoms with Gasteiger partial charge >= 0.3 is 6.18 Å². The highest BCUT2D eigenvalue weighted by molar-refractivity contribution is 7.80. The van der Waals surface area contributed by atoms with Crippen molar-refractivity contribution in [1.29, 1.82) is 0 Å². The molecule has 0 saturated heterocycles. The van der Waals surface area contributed by atoms with Gasteiger partial charge in [-0.2, -0.15) is 13.2 Å². The molecule has 0 radical (unpaired) electrons. The molecule has 3 aromatic rings. The first kappa shape index (κ1) is 24.5. The average molecular weight is 484 g/mol. The van der Waals surface area contributed by atoms with Crippen LogP contribution in [0.15, 0.2) is 83.9 Å². The summed E-state index contributed by atoms with van der Waals surface area (Å²) in [6, 6.07) is 23.8. The first-order valence-electron chi connectivity index (χ1n) is 11.6. The van der Waals surface area contributed by atoms with Gasteiger partial charge in [0.2, 0.25) is 5.90 Å². The van der Waals surface area contributed by atoms with Gasteiger partial charge in [-0.1, -0.05) is 86.5 Å². The molecule has 1 aliphatic rings. The molecule has 34 heavy (non-hydrogen) atoms. The molecule has 0 fully saturated rings. The highest BCUT2D eigenvalue weighted by Crippen LogP contribution is 2.39. The van der Waals surface area contributed by atoms with Crippen LogP contribution in [0.1, 0.15) is 51.2 Å². The minimum Gasteiger partial charge on any atom is -0.469 e. The van der Waals surface area contributed by atoms with E-state index in [4.69, 9.17) is 9.73 Å². The van der Waals surface area contributed by atoms with Gasteiger partial charge in [-0.15, -0.1) is 0 Å². The van der Waals surface area contributed by atoms with Gasteiger partial charge in [0.1, 0.15) is 5.60 Å². The van der Waals surface area contributed by atoms with Crippen LogP contribution in [0.25, 0.3) is 0 Å². The van der Waals surface area contributed by atoms with Crippen LogP contribution in [-0.2, 0) is 10.9 Å². The lowest BCUT2D eigenvalue weighted by atomic mass is 9.95. The predicted molar refractivity (Wildman–Crippen MR) is 135 cm³/mol. The zero-order valence-corrected chi connectivity index (χ0v) is 20.5. The Labute approximate surface area is 200 Å². The molecule has 0 N–H and O–H groups in total. The van der Waals surface area contributed by atoms with Crippen molar-refractivity contribution in [2.24, 2.45) is 4.99 Å². The van der Waals surface area contributed by atoms with Crippen LogP contribution in [0, 0.1) is 0 Å². The van der Waals surface area contributed by atoms with E-state index in [-0.39, 0.29) is 6.04 Å². The highest BCUT2D eigenvalue weighted by Gasteiger charge is 2.40. The molecular formula is C28H29F3NOP. The van der Waals surface area contributed by atoms with Crippen LogP contribution >= 0.6 is 7.92 Å². The van der Waals surface area contributed by atoms with Gasteiger partial charge in [0.05, 0.1) is 11.6 Å². The lowest BCUT2D eigenvalue weighted by molar-refractivity contribution is -0.137. The molecule has 0 saturated carbocycles. The smallest absolute Gasteiger partial charge is 0.416 e. The van der Waals surface area contributed by atoms with Crippen molar-refractivity contribution in [1.82, 2.24) is 0 Å². The van der Waals surface area contributed by atoms with Gasteiger partial charge in [0.25, 0.3) is 0 Å². The lowest BCUT2D eigenvalue weighted by Crippen LogP contribution is -2.34. The van der Waals surface area contributed by atoms with E-state index >= 15 is 0 Å². The largest absolute Gasteiger partial charge is 0.469 e. The molecule has 0 aromatic heterocycles. The Morgan fingerprint density at radius 2 is 1.50 bits per heavy atom. The van der Waals surface area contributed by atoms with E-state index in [1.807, 2.05) is 74.5 Å². The zero-order valence-electron chi connectivity index (χ0n) is 19.6. The number of hydrogen-bond acceptors (Lipinski definition) is 2. The van der Waals surface area contributed by atoms with Crippen LogP contribution in [0.4, 0.5) is 13.2 Å². The molecule has 1 heterocycles. The Hall–Kier alpha value is -2.65. The second-order valence-electron chi connectivity index (χ2n) is 9.03. The number of nitrogens with zero attached hydrogens (tertiary/aromatic N) is 1. The van der Waals surface area contributed by atoms with Crippen molar-refractivity contribution in [3.8, 4) is 0 Å². The van der Waals surface area contributed by atoms with E-state index in [9.17, 15) is 13.2 Å². The summed E-state index contributed by atoms with van der Waals surface area (Å²) in [5, 5.41) is 2.93. The predicted octanol–water partition coefficient (Wildman–Crippen LogP) is 6.58. The molecule has 0 spiro atoms. The average Bonchev–Trinajstić information content (AvgIpc) is 3.12. The van der Waals surface area contributed by atoms with Crippen molar-refractivity contribution in [2.75, 3.05) is 0 Å². The lowest BCUT2D eigenvalue weighted by Gasteiger charge is -2.26. The molecule has 0 amide bonds. The van der Waals surface area contributed by atoms with Gasteiger partial charge in [0, 0.05) is 5.56 Å². The highest BCUT2D eigenvalue weighted by atomic mass is 31.1. The quantitative estimate of drug-likeness (QED) is 0.348. The molecule has 1 aliphatic heterocycles. The molecule has 178 valence electrons. The van der Waals surface area contributed by atoms with Crippen molar-refractivity contribution < 1.29 is 17.9 Å². The number of halogens is 3. The minimum absolute atomic E-state index is 0.0930. The zero-order chi connectivity index (χ0) is 24.3. The number of hydrogen-bond donors (Lipinski definition) is 0. The normalized spacial score (nSPS) is 17.5. The summed E-state index contributed by atoms with van der Waals surface area (Å²) in [6.07, 6.45) is -1.59. The third-order valence-electron chi connectivity index (χ3n) is 6.09. The van der Waals surface area contributed by atoms with Crippen LogP contribution < -0.4 is 15.9 Å². The number of ether oxygens (including phenoxy) is 1. The SMILES string of the molecule is CCCC[C@@H]1N=C(c2cc(C(F)(F)F)ccc2P(c2ccccc2)c2ccccc2)OC1(C)C. The monoisotopic (exact) mass is 483 g/mol. The summed E-state index contributed by atoms with van der Waals surface area (Å²) in [5.74, 6) is 0.312. The number of benzene rings is 3. The summed E-state index contributed by atoms with van der Waals surface area (Å²) in [6.45, 7) is 6.05.